The molecule has 0 aliphatic rings. The highest BCUT2D eigenvalue weighted by Crippen LogP contribution is 2.27. The van der Waals surface area contributed by atoms with Crippen molar-refractivity contribution in [3.63, 3.8) is 0 Å². The Labute approximate surface area is 268 Å². The molecule has 0 saturated carbocycles. The fourth-order valence-electron chi connectivity index (χ4n) is 5.49. The van der Waals surface area contributed by atoms with Crippen LogP contribution < -0.4 is 10.2 Å². The van der Waals surface area contributed by atoms with Crippen molar-refractivity contribution in [2.75, 3.05) is 0 Å². The molecule has 6 aromatic rings. The summed E-state index contributed by atoms with van der Waals surface area (Å²) >= 11 is 6.25. The lowest BCUT2D eigenvalue weighted by Gasteiger charge is -2.12. The number of ether oxygens (including phenoxy) is 1. The molecule has 0 aliphatic heterocycles. The van der Waals surface area contributed by atoms with E-state index in [-0.39, 0.29) is 5.91 Å². The summed E-state index contributed by atoms with van der Waals surface area (Å²) in [5.74, 6) is 0.491. The highest BCUT2D eigenvalue weighted by Gasteiger charge is 2.12. The molecule has 0 atom stereocenters. The predicted octanol–water partition coefficient (Wildman–Crippen LogP) is 8.86. The molecule has 224 valence electrons. The normalized spacial score (nSPS) is 11.2. The summed E-state index contributed by atoms with van der Waals surface area (Å²) < 4.78 is 10.3. The zero-order chi connectivity index (χ0) is 31.3. The van der Waals surface area contributed by atoms with Crippen molar-refractivity contribution >= 4 is 23.7 Å². The van der Waals surface area contributed by atoms with Crippen LogP contribution in [-0.4, -0.2) is 21.3 Å². The second-order valence-corrected chi connectivity index (χ2v) is 11.3. The van der Waals surface area contributed by atoms with Crippen LogP contribution in [-0.2, 0) is 6.61 Å². The van der Waals surface area contributed by atoms with Gasteiger partial charge in [-0.05, 0) is 99.1 Å². The van der Waals surface area contributed by atoms with Gasteiger partial charge in [0.15, 0.2) is 0 Å². The summed E-state index contributed by atoms with van der Waals surface area (Å²) in [6.45, 7) is 6.55. The van der Waals surface area contributed by atoms with Gasteiger partial charge >= 0.3 is 0 Å². The maximum atomic E-state index is 12.9. The van der Waals surface area contributed by atoms with Gasteiger partial charge in [-0.2, -0.15) is 5.10 Å². The predicted molar refractivity (Wildman–Crippen MR) is 182 cm³/mol. The van der Waals surface area contributed by atoms with Crippen molar-refractivity contribution in [1.29, 1.82) is 0 Å². The summed E-state index contributed by atoms with van der Waals surface area (Å²) in [6.07, 6.45) is 1.68. The van der Waals surface area contributed by atoms with E-state index < -0.39 is 0 Å². The Balaban J connectivity index is 1.10. The van der Waals surface area contributed by atoms with Crippen LogP contribution in [0.25, 0.3) is 22.6 Å². The first-order valence-corrected chi connectivity index (χ1v) is 15.1. The SMILES string of the molecule is Cc1ccc(-c2ccccc2)n1-c1ccc(C(=O)N/N=C/c2cc(C)n(-c3ccc(OCc4ccccc4Cl)cc3)c2C)cc1. The summed E-state index contributed by atoms with van der Waals surface area (Å²) in [4.78, 5) is 12.9. The number of amides is 1. The average Bonchev–Trinajstić information content (AvgIpc) is 3.59. The van der Waals surface area contributed by atoms with Gasteiger partial charge in [0.2, 0.25) is 0 Å². The van der Waals surface area contributed by atoms with Crippen molar-refractivity contribution in [3.8, 4) is 28.4 Å². The number of carbonyl (C=O) groups is 1. The van der Waals surface area contributed by atoms with Gasteiger partial charge in [-0.15, -0.1) is 0 Å². The molecule has 45 heavy (non-hydrogen) atoms. The molecule has 0 bridgehead atoms. The molecular weight excluding hydrogens is 580 g/mol. The van der Waals surface area contributed by atoms with Crippen LogP contribution in [0.5, 0.6) is 5.75 Å². The first-order chi connectivity index (χ1) is 21.9. The van der Waals surface area contributed by atoms with Crippen LogP contribution >= 0.6 is 11.6 Å². The number of aryl methyl sites for hydroxylation is 2. The van der Waals surface area contributed by atoms with Crippen LogP contribution in [0.4, 0.5) is 0 Å². The molecule has 6 nitrogen and oxygen atoms in total. The molecule has 1 amide bonds. The topological polar surface area (TPSA) is 60.5 Å². The van der Waals surface area contributed by atoms with Crippen molar-refractivity contribution in [3.05, 3.63) is 160 Å². The number of hydrazone groups is 1. The molecular formula is C38H33ClN4O2. The van der Waals surface area contributed by atoms with E-state index in [1.54, 1.807) is 6.21 Å². The minimum atomic E-state index is -0.272. The number of nitrogens with zero attached hydrogens (tertiary/aromatic N) is 3. The maximum absolute atomic E-state index is 12.9. The minimum Gasteiger partial charge on any atom is -0.489 e. The number of carbonyl (C=O) groups excluding carboxylic acids is 1. The van der Waals surface area contributed by atoms with E-state index in [0.29, 0.717) is 17.2 Å². The molecule has 0 spiro atoms. The van der Waals surface area contributed by atoms with Gasteiger partial charge in [-0.1, -0.05) is 60.1 Å². The van der Waals surface area contributed by atoms with Gasteiger partial charge in [0, 0.05) is 50.2 Å². The highest BCUT2D eigenvalue weighted by molar-refractivity contribution is 6.31. The van der Waals surface area contributed by atoms with Gasteiger partial charge in [-0.3, -0.25) is 4.79 Å². The molecule has 0 fully saturated rings. The smallest absolute Gasteiger partial charge is 0.271 e. The van der Waals surface area contributed by atoms with E-state index in [1.165, 1.54) is 0 Å². The number of hydrogen-bond donors (Lipinski definition) is 1. The molecule has 7 heteroatoms. The number of hydrogen-bond acceptors (Lipinski definition) is 3. The fraction of sp³-hybridized carbons (Fsp3) is 0.105. The second-order valence-electron chi connectivity index (χ2n) is 10.8. The summed E-state index contributed by atoms with van der Waals surface area (Å²) in [6, 6.07) is 39.7. The fourth-order valence-corrected chi connectivity index (χ4v) is 5.68. The van der Waals surface area contributed by atoms with Crippen LogP contribution in [0, 0.1) is 20.8 Å². The van der Waals surface area contributed by atoms with Crippen molar-refractivity contribution in [2.24, 2.45) is 5.10 Å². The molecule has 0 saturated heterocycles. The van der Waals surface area contributed by atoms with Crippen LogP contribution in [0.2, 0.25) is 5.02 Å². The Morgan fingerprint density at radius 2 is 1.44 bits per heavy atom. The molecule has 2 aromatic heterocycles. The van der Waals surface area contributed by atoms with Crippen molar-refractivity contribution in [2.45, 2.75) is 27.4 Å². The quantitative estimate of drug-likeness (QED) is 0.131. The van der Waals surface area contributed by atoms with Crippen LogP contribution in [0.15, 0.2) is 126 Å². The van der Waals surface area contributed by atoms with E-state index in [0.717, 1.165) is 56.6 Å². The third kappa shape index (κ3) is 6.47. The zero-order valence-electron chi connectivity index (χ0n) is 25.4. The van der Waals surface area contributed by atoms with E-state index >= 15 is 0 Å². The van der Waals surface area contributed by atoms with Gasteiger partial charge < -0.3 is 13.9 Å². The monoisotopic (exact) mass is 612 g/mol. The van der Waals surface area contributed by atoms with Gasteiger partial charge in [0.1, 0.15) is 12.4 Å². The number of halogens is 1. The molecule has 0 aliphatic carbocycles. The number of rotatable bonds is 9. The van der Waals surface area contributed by atoms with Crippen LogP contribution in [0.3, 0.4) is 0 Å². The highest BCUT2D eigenvalue weighted by atomic mass is 35.5. The van der Waals surface area contributed by atoms with E-state index in [4.69, 9.17) is 16.3 Å². The zero-order valence-corrected chi connectivity index (χ0v) is 26.1. The van der Waals surface area contributed by atoms with Crippen LogP contribution in [0.1, 0.15) is 38.6 Å². The molecule has 6 rings (SSSR count). The molecule has 0 radical (unpaired) electrons. The van der Waals surface area contributed by atoms with Gasteiger partial charge in [0.05, 0.1) is 11.9 Å². The largest absolute Gasteiger partial charge is 0.489 e. The standard InChI is InChI=1S/C38H33ClN4O2/c1-26-13-22-37(29-9-5-4-6-10-29)43(26)34-16-14-30(15-17-34)38(44)41-40-24-32-23-27(2)42(28(32)3)33-18-20-35(21-19-33)45-25-31-11-7-8-12-36(31)39/h4-24H,25H2,1-3H3,(H,41,44)/b40-24+. The van der Waals surface area contributed by atoms with E-state index in [9.17, 15) is 4.79 Å². The summed E-state index contributed by atoms with van der Waals surface area (Å²) in [5, 5.41) is 4.96. The molecule has 2 heterocycles. The Morgan fingerprint density at radius 1 is 0.778 bits per heavy atom. The number of nitrogens with one attached hydrogen (secondary N) is 1. The summed E-state index contributed by atoms with van der Waals surface area (Å²) in [7, 11) is 0. The summed E-state index contributed by atoms with van der Waals surface area (Å²) in [5.41, 5.74) is 12.5. The van der Waals surface area contributed by atoms with Gasteiger partial charge in [-0.25, -0.2) is 5.43 Å². The Kier molecular flexibility index (Phi) is 8.67. The van der Waals surface area contributed by atoms with Crippen molar-refractivity contribution in [1.82, 2.24) is 14.6 Å². The lowest BCUT2D eigenvalue weighted by atomic mass is 10.1. The maximum Gasteiger partial charge on any atom is 0.271 e. The van der Waals surface area contributed by atoms with E-state index in [2.05, 4.69) is 50.9 Å². The Hall–Kier alpha value is -5.33. The third-order valence-corrected chi connectivity index (χ3v) is 8.19. The minimum absolute atomic E-state index is 0.272. The Morgan fingerprint density at radius 3 is 2.18 bits per heavy atom. The van der Waals surface area contributed by atoms with Gasteiger partial charge in [0.25, 0.3) is 5.91 Å². The number of benzene rings is 4. The average molecular weight is 613 g/mol. The molecule has 1 N–H and O–H groups in total. The molecule has 4 aromatic carbocycles. The Bertz CT molecular complexity index is 1970. The van der Waals surface area contributed by atoms with E-state index in [1.807, 2.05) is 111 Å². The molecule has 0 unspecified atom stereocenters. The first-order valence-electron chi connectivity index (χ1n) is 14.7. The lowest BCUT2D eigenvalue weighted by molar-refractivity contribution is 0.0955. The number of aromatic nitrogens is 2. The lowest BCUT2D eigenvalue weighted by Crippen LogP contribution is -2.17. The first kappa shape index (κ1) is 29.7. The second kappa shape index (κ2) is 13.1. The third-order valence-electron chi connectivity index (χ3n) is 7.82. The van der Waals surface area contributed by atoms with Crippen molar-refractivity contribution < 1.29 is 9.53 Å².